The molecule has 2 N–H and O–H groups in total. The van der Waals surface area contributed by atoms with Crippen molar-refractivity contribution in [2.24, 2.45) is 0 Å². The van der Waals surface area contributed by atoms with E-state index in [0.29, 0.717) is 29.9 Å². The van der Waals surface area contributed by atoms with Crippen molar-refractivity contribution < 1.29 is 14.4 Å². The summed E-state index contributed by atoms with van der Waals surface area (Å²) in [5.41, 5.74) is 2.49. The second-order valence-corrected chi connectivity index (χ2v) is 6.43. The average molecular weight is 363 g/mol. The number of carbonyl (C=O) groups excluding carboxylic acids is 3. The third-order valence-electron chi connectivity index (χ3n) is 4.37. The zero-order valence-corrected chi connectivity index (χ0v) is 15.1. The van der Waals surface area contributed by atoms with Crippen LogP contribution in [0.5, 0.6) is 0 Å². The van der Waals surface area contributed by atoms with Gasteiger partial charge in [0.1, 0.15) is 0 Å². The first-order chi connectivity index (χ1) is 13.0. The monoisotopic (exact) mass is 363 g/mol. The largest absolute Gasteiger partial charge is 0.348 e. The van der Waals surface area contributed by atoms with Crippen LogP contribution in [0.4, 0.5) is 5.69 Å². The van der Waals surface area contributed by atoms with Gasteiger partial charge in [-0.25, -0.2) is 0 Å². The van der Waals surface area contributed by atoms with E-state index in [1.165, 1.54) is 6.08 Å². The highest BCUT2D eigenvalue weighted by Crippen LogP contribution is 2.25. The summed E-state index contributed by atoms with van der Waals surface area (Å²) in [4.78, 5) is 38.3. The molecule has 0 aliphatic carbocycles. The maximum absolute atomic E-state index is 13.1. The van der Waals surface area contributed by atoms with Crippen LogP contribution >= 0.6 is 0 Å². The molecule has 0 aromatic heterocycles. The lowest BCUT2D eigenvalue weighted by atomic mass is 10.1. The topological polar surface area (TPSA) is 78.5 Å². The molecule has 1 heterocycles. The highest BCUT2D eigenvalue weighted by Gasteiger charge is 2.28. The quantitative estimate of drug-likeness (QED) is 0.818. The Labute approximate surface area is 157 Å². The molecule has 1 aliphatic heterocycles. The summed E-state index contributed by atoms with van der Waals surface area (Å²) in [5, 5.41) is 5.59. The van der Waals surface area contributed by atoms with Crippen LogP contribution in [0.3, 0.4) is 0 Å². The molecule has 1 atom stereocenters. The van der Waals surface area contributed by atoms with Crippen molar-refractivity contribution in [2.45, 2.75) is 19.5 Å². The van der Waals surface area contributed by atoms with Gasteiger partial charge in [0.25, 0.3) is 11.8 Å². The minimum absolute atomic E-state index is 0.165. The van der Waals surface area contributed by atoms with Gasteiger partial charge in [0.05, 0.1) is 11.3 Å². The first-order valence-corrected chi connectivity index (χ1v) is 8.70. The van der Waals surface area contributed by atoms with E-state index in [1.807, 2.05) is 13.0 Å². The maximum atomic E-state index is 13.1. The summed E-state index contributed by atoms with van der Waals surface area (Å²) >= 11 is 0. The molecular formula is C21H21N3O3. The van der Waals surface area contributed by atoms with Gasteiger partial charge in [-0.05, 0) is 42.8 Å². The number of rotatable bonds is 4. The predicted molar refractivity (Wildman–Crippen MR) is 104 cm³/mol. The Morgan fingerprint density at radius 2 is 1.93 bits per heavy atom. The van der Waals surface area contributed by atoms with Crippen molar-refractivity contribution in [3.63, 3.8) is 0 Å². The van der Waals surface area contributed by atoms with Gasteiger partial charge in [-0.3, -0.25) is 14.4 Å². The molecule has 3 amide bonds. The molecule has 0 bridgehead atoms. The van der Waals surface area contributed by atoms with Crippen LogP contribution in [-0.4, -0.2) is 30.3 Å². The average Bonchev–Trinajstić information content (AvgIpc) is 2.82. The molecule has 0 spiro atoms. The van der Waals surface area contributed by atoms with Crippen LogP contribution in [0.2, 0.25) is 0 Å². The summed E-state index contributed by atoms with van der Waals surface area (Å²) in [6, 6.07) is 14.0. The van der Waals surface area contributed by atoms with Crippen LogP contribution in [0, 0.1) is 0 Å². The van der Waals surface area contributed by atoms with Gasteiger partial charge >= 0.3 is 0 Å². The number of benzene rings is 2. The van der Waals surface area contributed by atoms with Crippen LogP contribution in [0.25, 0.3) is 0 Å². The molecule has 2 aromatic carbocycles. The molecule has 0 radical (unpaired) electrons. The summed E-state index contributed by atoms with van der Waals surface area (Å²) in [5.74, 6) is -0.600. The zero-order chi connectivity index (χ0) is 19.4. The molecule has 6 nitrogen and oxygen atoms in total. The van der Waals surface area contributed by atoms with E-state index < -0.39 is 0 Å². The molecule has 27 heavy (non-hydrogen) atoms. The van der Waals surface area contributed by atoms with E-state index >= 15 is 0 Å². The van der Waals surface area contributed by atoms with Gasteiger partial charge in [-0.2, -0.15) is 0 Å². The second-order valence-electron chi connectivity index (χ2n) is 6.43. The first kappa shape index (κ1) is 18.4. The Morgan fingerprint density at radius 3 is 2.63 bits per heavy atom. The van der Waals surface area contributed by atoms with Crippen molar-refractivity contribution in [3.05, 3.63) is 77.9 Å². The van der Waals surface area contributed by atoms with Crippen LogP contribution in [-0.2, 0) is 11.3 Å². The number of hydrogen-bond acceptors (Lipinski definition) is 3. The Balaban J connectivity index is 1.84. The fourth-order valence-electron chi connectivity index (χ4n) is 3.00. The summed E-state index contributed by atoms with van der Waals surface area (Å²) in [6.45, 7) is 6.03. The highest BCUT2D eigenvalue weighted by atomic mass is 16.2. The Hall–Kier alpha value is -3.41. The standard InChI is InChI=1S/C21H21N3O3/c1-3-19(25)22-12-15-8-10-16(11-9-15)21(27)24-13-14(2)23-20(26)17-6-4-5-7-18(17)24/h3-11,14H,1,12-13H2,2H3,(H,22,25)(H,23,26). The van der Waals surface area contributed by atoms with Gasteiger partial charge in [0.15, 0.2) is 0 Å². The Kier molecular flexibility index (Phi) is 5.35. The van der Waals surface area contributed by atoms with Crippen LogP contribution in [0.15, 0.2) is 61.2 Å². The SMILES string of the molecule is C=CC(=O)NCc1ccc(C(=O)N2CC(C)NC(=O)c3ccccc32)cc1. The number of para-hydroxylation sites is 1. The van der Waals surface area contributed by atoms with Crippen LogP contribution < -0.4 is 15.5 Å². The summed E-state index contributed by atoms with van der Waals surface area (Å²) < 4.78 is 0. The van der Waals surface area contributed by atoms with Crippen LogP contribution in [0.1, 0.15) is 33.2 Å². The molecule has 3 rings (SSSR count). The fraction of sp³-hybridized carbons (Fsp3) is 0.190. The normalized spacial score (nSPS) is 16.0. The summed E-state index contributed by atoms with van der Waals surface area (Å²) in [6.07, 6.45) is 1.21. The molecule has 6 heteroatoms. The lowest BCUT2D eigenvalue weighted by Crippen LogP contribution is -2.41. The smallest absolute Gasteiger partial charge is 0.258 e. The lowest BCUT2D eigenvalue weighted by molar-refractivity contribution is -0.116. The van der Waals surface area contributed by atoms with Crippen molar-refractivity contribution in [1.29, 1.82) is 0 Å². The van der Waals surface area contributed by atoms with E-state index in [2.05, 4.69) is 17.2 Å². The van der Waals surface area contributed by atoms with Gasteiger partial charge < -0.3 is 15.5 Å². The minimum Gasteiger partial charge on any atom is -0.348 e. The molecule has 2 aromatic rings. The Morgan fingerprint density at radius 1 is 1.22 bits per heavy atom. The molecule has 1 aliphatic rings. The van der Waals surface area contributed by atoms with E-state index in [9.17, 15) is 14.4 Å². The van der Waals surface area contributed by atoms with E-state index in [1.54, 1.807) is 47.4 Å². The highest BCUT2D eigenvalue weighted by molar-refractivity contribution is 6.11. The van der Waals surface area contributed by atoms with Gasteiger partial charge in [-0.1, -0.05) is 30.8 Å². The minimum atomic E-state index is -0.248. The molecule has 0 fully saturated rings. The molecule has 138 valence electrons. The Bertz CT molecular complexity index is 890. The number of nitrogens with one attached hydrogen (secondary N) is 2. The number of nitrogens with zero attached hydrogens (tertiary/aromatic N) is 1. The molecule has 0 saturated carbocycles. The van der Waals surface area contributed by atoms with E-state index in [0.717, 1.165) is 5.56 Å². The maximum Gasteiger partial charge on any atom is 0.258 e. The number of anilines is 1. The number of hydrogen-bond donors (Lipinski definition) is 2. The third kappa shape index (κ3) is 4.06. The van der Waals surface area contributed by atoms with Gasteiger partial charge in [0, 0.05) is 24.7 Å². The first-order valence-electron chi connectivity index (χ1n) is 8.70. The molecular weight excluding hydrogens is 342 g/mol. The zero-order valence-electron chi connectivity index (χ0n) is 15.1. The van der Waals surface area contributed by atoms with E-state index in [-0.39, 0.29) is 23.8 Å². The number of fused-ring (bicyclic) bond motifs is 1. The predicted octanol–water partition coefficient (Wildman–Crippen LogP) is 2.27. The number of carbonyl (C=O) groups is 3. The van der Waals surface area contributed by atoms with Crippen molar-refractivity contribution in [1.82, 2.24) is 10.6 Å². The second kappa shape index (κ2) is 7.86. The molecule has 0 saturated heterocycles. The summed E-state index contributed by atoms with van der Waals surface area (Å²) in [7, 11) is 0. The lowest BCUT2D eigenvalue weighted by Gasteiger charge is -2.24. The van der Waals surface area contributed by atoms with Crippen molar-refractivity contribution >= 4 is 23.4 Å². The van der Waals surface area contributed by atoms with Gasteiger partial charge in [0.2, 0.25) is 5.91 Å². The van der Waals surface area contributed by atoms with Crippen molar-refractivity contribution in [2.75, 3.05) is 11.4 Å². The van der Waals surface area contributed by atoms with Gasteiger partial charge in [-0.15, -0.1) is 0 Å². The third-order valence-corrected chi connectivity index (χ3v) is 4.37. The number of amides is 3. The van der Waals surface area contributed by atoms with E-state index in [4.69, 9.17) is 0 Å². The molecule has 1 unspecified atom stereocenters. The fourth-order valence-corrected chi connectivity index (χ4v) is 3.00. The van der Waals surface area contributed by atoms with Crippen molar-refractivity contribution in [3.8, 4) is 0 Å².